The van der Waals surface area contributed by atoms with Crippen molar-refractivity contribution >= 4 is 5.96 Å². The van der Waals surface area contributed by atoms with Crippen LogP contribution in [0.1, 0.15) is 49.8 Å². The van der Waals surface area contributed by atoms with E-state index in [1.54, 1.807) is 6.26 Å². The summed E-state index contributed by atoms with van der Waals surface area (Å²) in [4.78, 5) is 17.5. The Balaban J connectivity index is 1.48. The largest absolute Gasteiger partial charge is 0.494 e. The molecule has 1 aromatic carbocycles. The zero-order valence-corrected chi connectivity index (χ0v) is 17.8. The number of aryl methyl sites for hydroxylation is 1. The van der Waals surface area contributed by atoms with E-state index in [0.717, 1.165) is 68.3 Å². The van der Waals surface area contributed by atoms with Gasteiger partial charge in [0.05, 0.1) is 18.8 Å². The molecule has 30 heavy (non-hydrogen) atoms. The molecule has 0 atom stereocenters. The van der Waals surface area contributed by atoms with Crippen molar-refractivity contribution in [2.24, 2.45) is 4.99 Å². The van der Waals surface area contributed by atoms with Crippen molar-refractivity contribution in [3.05, 3.63) is 47.7 Å². The molecule has 162 valence electrons. The number of hydrogen-bond donors (Lipinski definition) is 2. The van der Waals surface area contributed by atoms with Crippen LogP contribution in [0.5, 0.6) is 5.75 Å². The zero-order chi connectivity index (χ0) is 20.8. The van der Waals surface area contributed by atoms with Gasteiger partial charge in [0.15, 0.2) is 11.6 Å². The lowest BCUT2D eigenvalue weighted by Gasteiger charge is -2.28. The van der Waals surface area contributed by atoms with Crippen LogP contribution < -0.4 is 15.5 Å². The van der Waals surface area contributed by atoms with Crippen LogP contribution >= 0.6 is 0 Å². The first-order valence-corrected chi connectivity index (χ1v) is 10.8. The Morgan fingerprint density at radius 2 is 1.97 bits per heavy atom. The highest BCUT2D eigenvalue weighted by molar-refractivity contribution is 5.80. The lowest BCUT2D eigenvalue weighted by molar-refractivity contribution is -0.0734. The van der Waals surface area contributed by atoms with Crippen molar-refractivity contribution in [1.82, 2.24) is 20.7 Å². The predicted molar refractivity (Wildman–Crippen MR) is 114 cm³/mol. The number of nitrogens with one attached hydrogen (secondary N) is 2. The number of unbranched alkanes of at least 4 members (excludes halogenated alkanes) is 1. The number of hydrogen-bond acceptors (Lipinski definition) is 8. The third-order valence-corrected chi connectivity index (χ3v) is 5.41. The summed E-state index contributed by atoms with van der Waals surface area (Å²) in [5.74, 6) is 2.30. The van der Waals surface area contributed by atoms with Crippen LogP contribution in [0.15, 0.2) is 39.9 Å². The Morgan fingerprint density at radius 1 is 1.17 bits per heavy atom. The molecular formula is C22H31N5O3. The first-order chi connectivity index (χ1) is 14.7. The van der Waals surface area contributed by atoms with Gasteiger partial charge in [-0.1, -0.05) is 25.5 Å². The molecule has 0 aliphatic carbocycles. The van der Waals surface area contributed by atoms with E-state index < -0.39 is 5.72 Å². The minimum atomic E-state index is -0.477. The summed E-state index contributed by atoms with van der Waals surface area (Å²) in [5.41, 5.74) is 4.62. The van der Waals surface area contributed by atoms with Gasteiger partial charge in [0.25, 0.3) is 0 Å². The molecule has 0 saturated carbocycles. The number of aromatic nitrogens is 1. The summed E-state index contributed by atoms with van der Waals surface area (Å²) in [6.07, 6.45) is 5.59. The zero-order valence-electron chi connectivity index (χ0n) is 17.8. The van der Waals surface area contributed by atoms with E-state index in [1.807, 2.05) is 19.1 Å². The highest BCUT2D eigenvalue weighted by Gasteiger charge is 2.39. The van der Waals surface area contributed by atoms with Crippen LogP contribution in [-0.4, -0.2) is 41.3 Å². The molecule has 0 amide bonds. The number of benzene rings is 1. The standard InChI is InChI=1S/C22H31N5O3/c1-3-4-13-28-20-7-5-18(6-8-20)14-27(15-19-16-29-17(2)24-19)21-25-22(30-26-21)9-11-23-12-10-22/h5-8,16,23H,3-4,9-15H2,1-2H3,(H,25,26). The SMILES string of the molecule is CCCCOc1ccc(CN(Cc2coc(C)n2)C2=NC3(CCNCC3)ON2)cc1. The maximum atomic E-state index is 5.93. The number of piperidine rings is 1. The minimum Gasteiger partial charge on any atom is -0.494 e. The number of nitrogens with zero attached hydrogens (tertiary/aromatic N) is 3. The second-order valence-electron chi connectivity index (χ2n) is 7.90. The van der Waals surface area contributed by atoms with Crippen LogP contribution in [0.2, 0.25) is 0 Å². The summed E-state index contributed by atoms with van der Waals surface area (Å²) in [6, 6.07) is 8.24. The third kappa shape index (κ3) is 5.12. The number of hydroxylamine groups is 1. The van der Waals surface area contributed by atoms with E-state index >= 15 is 0 Å². The van der Waals surface area contributed by atoms with E-state index in [9.17, 15) is 0 Å². The number of guanidine groups is 1. The van der Waals surface area contributed by atoms with Crippen molar-refractivity contribution < 1.29 is 14.0 Å². The average Bonchev–Trinajstić information content (AvgIpc) is 3.36. The Kier molecular flexibility index (Phi) is 6.54. The Bertz CT molecular complexity index is 843. The normalized spacial score (nSPS) is 17.6. The highest BCUT2D eigenvalue weighted by atomic mass is 16.7. The predicted octanol–water partition coefficient (Wildman–Crippen LogP) is 3.13. The van der Waals surface area contributed by atoms with Crippen LogP contribution in [0.4, 0.5) is 0 Å². The first-order valence-electron chi connectivity index (χ1n) is 10.8. The van der Waals surface area contributed by atoms with E-state index in [0.29, 0.717) is 19.0 Å². The molecule has 1 saturated heterocycles. The van der Waals surface area contributed by atoms with E-state index in [2.05, 4.69) is 39.7 Å². The second-order valence-corrected chi connectivity index (χ2v) is 7.90. The lowest BCUT2D eigenvalue weighted by Crippen LogP contribution is -2.42. The van der Waals surface area contributed by atoms with Crippen LogP contribution in [0, 0.1) is 6.92 Å². The monoisotopic (exact) mass is 413 g/mol. The molecule has 8 nitrogen and oxygen atoms in total. The number of ether oxygens (including phenoxy) is 1. The fourth-order valence-corrected chi connectivity index (χ4v) is 3.67. The van der Waals surface area contributed by atoms with Crippen molar-refractivity contribution in [2.45, 2.75) is 58.3 Å². The Morgan fingerprint density at radius 3 is 2.67 bits per heavy atom. The van der Waals surface area contributed by atoms with E-state index in [4.69, 9.17) is 19.0 Å². The molecule has 2 aliphatic rings. The lowest BCUT2D eigenvalue weighted by atomic mass is 10.0. The molecule has 2 aromatic rings. The maximum Gasteiger partial charge on any atom is 0.222 e. The molecule has 2 aliphatic heterocycles. The maximum absolute atomic E-state index is 5.93. The third-order valence-electron chi connectivity index (χ3n) is 5.41. The molecule has 1 aromatic heterocycles. The van der Waals surface area contributed by atoms with Crippen LogP contribution in [0.25, 0.3) is 0 Å². The fourth-order valence-electron chi connectivity index (χ4n) is 3.67. The first kappa shape index (κ1) is 20.7. The number of aliphatic imine (C=N–C) groups is 1. The van der Waals surface area contributed by atoms with Gasteiger partial charge < -0.3 is 19.4 Å². The molecular weight excluding hydrogens is 382 g/mol. The van der Waals surface area contributed by atoms with Crippen molar-refractivity contribution in [3.63, 3.8) is 0 Å². The molecule has 0 radical (unpaired) electrons. The van der Waals surface area contributed by atoms with Gasteiger partial charge in [-0.25, -0.2) is 20.3 Å². The molecule has 1 spiro atoms. The number of oxazole rings is 1. The smallest absolute Gasteiger partial charge is 0.222 e. The van der Waals surface area contributed by atoms with Gasteiger partial charge in [-0.3, -0.25) is 0 Å². The highest BCUT2D eigenvalue weighted by Crippen LogP contribution is 2.28. The van der Waals surface area contributed by atoms with Gasteiger partial charge in [0.2, 0.25) is 5.96 Å². The average molecular weight is 414 g/mol. The Hall–Kier alpha value is -2.58. The van der Waals surface area contributed by atoms with E-state index in [1.165, 1.54) is 0 Å². The molecule has 8 heteroatoms. The summed E-state index contributed by atoms with van der Waals surface area (Å²) in [6.45, 7) is 7.82. The van der Waals surface area contributed by atoms with Crippen molar-refractivity contribution in [2.75, 3.05) is 19.7 Å². The molecule has 4 rings (SSSR count). The molecule has 2 N–H and O–H groups in total. The van der Waals surface area contributed by atoms with Crippen LogP contribution in [0.3, 0.4) is 0 Å². The van der Waals surface area contributed by atoms with Gasteiger partial charge in [-0.05, 0) is 37.2 Å². The Labute approximate surface area is 177 Å². The summed E-state index contributed by atoms with van der Waals surface area (Å²) >= 11 is 0. The van der Waals surface area contributed by atoms with Gasteiger partial charge in [0.1, 0.15) is 12.0 Å². The van der Waals surface area contributed by atoms with Crippen molar-refractivity contribution in [3.8, 4) is 5.75 Å². The van der Waals surface area contributed by atoms with Gasteiger partial charge in [-0.2, -0.15) is 0 Å². The van der Waals surface area contributed by atoms with Crippen molar-refractivity contribution in [1.29, 1.82) is 0 Å². The van der Waals surface area contributed by atoms with E-state index in [-0.39, 0.29) is 0 Å². The molecule has 0 unspecified atom stereocenters. The minimum absolute atomic E-state index is 0.477. The molecule has 0 bridgehead atoms. The van der Waals surface area contributed by atoms with Crippen LogP contribution in [-0.2, 0) is 17.9 Å². The summed E-state index contributed by atoms with van der Waals surface area (Å²) < 4.78 is 11.2. The second kappa shape index (κ2) is 9.49. The van der Waals surface area contributed by atoms with Gasteiger partial charge in [-0.15, -0.1) is 0 Å². The fraction of sp³-hybridized carbons (Fsp3) is 0.545. The van der Waals surface area contributed by atoms with Gasteiger partial charge >= 0.3 is 0 Å². The molecule has 3 heterocycles. The topological polar surface area (TPSA) is 84.2 Å². The number of rotatable bonds is 8. The van der Waals surface area contributed by atoms with Gasteiger partial charge in [0, 0.05) is 26.3 Å². The molecule has 1 fully saturated rings. The quantitative estimate of drug-likeness (QED) is 0.643. The summed E-state index contributed by atoms with van der Waals surface area (Å²) in [5, 5.41) is 3.36. The summed E-state index contributed by atoms with van der Waals surface area (Å²) in [7, 11) is 0.